The number of aryl methyl sites for hydroxylation is 2. The van der Waals surface area contributed by atoms with E-state index in [0.29, 0.717) is 0 Å². The second kappa shape index (κ2) is 5.65. The van der Waals surface area contributed by atoms with Gasteiger partial charge in [0, 0.05) is 0 Å². The molecule has 0 aliphatic carbocycles. The molecule has 0 saturated carbocycles. The van der Waals surface area contributed by atoms with Gasteiger partial charge in [-0.05, 0) is 36.5 Å². The number of aliphatic hydroxyl groups is 1. The van der Waals surface area contributed by atoms with Crippen LogP contribution >= 0.6 is 0 Å². The average Bonchev–Trinajstić information content (AvgIpc) is 2.38. The third-order valence-corrected chi connectivity index (χ3v) is 3.13. The summed E-state index contributed by atoms with van der Waals surface area (Å²) in [6, 6.07) is 18.2. The number of hydrogen-bond acceptors (Lipinski definition) is 1. The van der Waals surface area contributed by atoms with Crippen molar-refractivity contribution < 1.29 is 5.11 Å². The molecule has 0 amide bonds. The maximum atomic E-state index is 10.1. The fourth-order valence-electron chi connectivity index (χ4n) is 2.02. The maximum absolute atomic E-state index is 10.1. The Balaban J connectivity index is 1.97. The second-order valence-electron chi connectivity index (χ2n) is 4.39. The lowest BCUT2D eigenvalue weighted by Gasteiger charge is -2.11. The van der Waals surface area contributed by atoms with Crippen LogP contribution in [0.5, 0.6) is 0 Å². The minimum atomic E-state index is -0.365. The summed E-state index contributed by atoms with van der Waals surface area (Å²) in [5.74, 6) is 0. The standard InChI is InChI=1S/C16H18O/c1-13-7-5-6-8-14(13)11-12-16(17)15-9-3-2-4-10-15/h2-10,16-17H,11-12H2,1H3/t16-/m1/s1. The van der Waals surface area contributed by atoms with E-state index in [1.165, 1.54) is 11.1 Å². The highest BCUT2D eigenvalue weighted by atomic mass is 16.3. The van der Waals surface area contributed by atoms with Crippen LogP contribution in [-0.4, -0.2) is 5.11 Å². The van der Waals surface area contributed by atoms with Gasteiger partial charge < -0.3 is 5.11 Å². The summed E-state index contributed by atoms with van der Waals surface area (Å²) in [4.78, 5) is 0. The SMILES string of the molecule is Cc1ccccc1CC[C@@H](O)c1ccccc1. The quantitative estimate of drug-likeness (QED) is 0.843. The van der Waals surface area contributed by atoms with Crippen molar-refractivity contribution in [2.75, 3.05) is 0 Å². The van der Waals surface area contributed by atoms with Crippen LogP contribution in [0.1, 0.15) is 29.2 Å². The Morgan fingerprint density at radius 3 is 2.29 bits per heavy atom. The molecular formula is C16H18O. The molecule has 0 saturated heterocycles. The predicted octanol–water partition coefficient (Wildman–Crippen LogP) is 3.66. The monoisotopic (exact) mass is 226 g/mol. The van der Waals surface area contributed by atoms with E-state index in [4.69, 9.17) is 0 Å². The van der Waals surface area contributed by atoms with Crippen LogP contribution in [0.15, 0.2) is 54.6 Å². The van der Waals surface area contributed by atoms with Gasteiger partial charge in [0.1, 0.15) is 0 Å². The molecule has 0 heterocycles. The molecule has 2 rings (SSSR count). The van der Waals surface area contributed by atoms with Gasteiger partial charge in [0.15, 0.2) is 0 Å². The zero-order valence-corrected chi connectivity index (χ0v) is 10.1. The number of benzene rings is 2. The van der Waals surface area contributed by atoms with Crippen molar-refractivity contribution in [2.45, 2.75) is 25.9 Å². The van der Waals surface area contributed by atoms with Crippen molar-refractivity contribution in [2.24, 2.45) is 0 Å². The minimum Gasteiger partial charge on any atom is -0.388 e. The Bertz CT molecular complexity index is 462. The first kappa shape index (κ1) is 11.9. The number of rotatable bonds is 4. The summed E-state index contributed by atoms with van der Waals surface area (Å²) in [6.07, 6.45) is 1.33. The van der Waals surface area contributed by atoms with Crippen molar-refractivity contribution in [3.8, 4) is 0 Å². The van der Waals surface area contributed by atoms with E-state index >= 15 is 0 Å². The summed E-state index contributed by atoms with van der Waals surface area (Å²) in [5.41, 5.74) is 3.62. The Kier molecular flexibility index (Phi) is 3.94. The third-order valence-electron chi connectivity index (χ3n) is 3.13. The fourth-order valence-corrected chi connectivity index (χ4v) is 2.02. The molecule has 0 aliphatic rings. The highest BCUT2D eigenvalue weighted by Crippen LogP contribution is 2.19. The van der Waals surface area contributed by atoms with Crippen molar-refractivity contribution in [1.82, 2.24) is 0 Å². The molecule has 1 heteroatoms. The van der Waals surface area contributed by atoms with Crippen molar-refractivity contribution in [3.05, 3.63) is 71.3 Å². The van der Waals surface area contributed by atoms with Crippen LogP contribution < -0.4 is 0 Å². The molecule has 1 nitrogen and oxygen atoms in total. The molecular weight excluding hydrogens is 208 g/mol. The van der Waals surface area contributed by atoms with Gasteiger partial charge in [-0.15, -0.1) is 0 Å². The lowest BCUT2D eigenvalue weighted by atomic mass is 9.99. The normalized spacial score (nSPS) is 12.4. The first-order chi connectivity index (χ1) is 8.27. The second-order valence-corrected chi connectivity index (χ2v) is 4.39. The van der Waals surface area contributed by atoms with Crippen LogP contribution in [0.4, 0.5) is 0 Å². The van der Waals surface area contributed by atoms with E-state index < -0.39 is 0 Å². The van der Waals surface area contributed by atoms with Gasteiger partial charge in [-0.2, -0.15) is 0 Å². The highest BCUT2D eigenvalue weighted by Gasteiger charge is 2.07. The van der Waals surface area contributed by atoms with Crippen LogP contribution in [0, 0.1) is 6.92 Å². The Hall–Kier alpha value is -1.60. The molecule has 0 aliphatic heterocycles. The molecule has 1 N–H and O–H groups in total. The molecule has 0 radical (unpaired) electrons. The van der Waals surface area contributed by atoms with Gasteiger partial charge in [-0.1, -0.05) is 54.6 Å². The van der Waals surface area contributed by atoms with Gasteiger partial charge >= 0.3 is 0 Å². The van der Waals surface area contributed by atoms with E-state index in [9.17, 15) is 5.11 Å². The van der Waals surface area contributed by atoms with Crippen molar-refractivity contribution in [1.29, 1.82) is 0 Å². The average molecular weight is 226 g/mol. The fraction of sp³-hybridized carbons (Fsp3) is 0.250. The predicted molar refractivity (Wildman–Crippen MR) is 70.9 cm³/mol. The summed E-state index contributed by atoms with van der Waals surface area (Å²) in [5, 5.41) is 10.1. The highest BCUT2D eigenvalue weighted by molar-refractivity contribution is 5.26. The molecule has 0 spiro atoms. The molecule has 17 heavy (non-hydrogen) atoms. The number of hydrogen-bond donors (Lipinski definition) is 1. The van der Waals surface area contributed by atoms with Crippen LogP contribution in [-0.2, 0) is 6.42 Å². The lowest BCUT2D eigenvalue weighted by Crippen LogP contribution is -2.00. The van der Waals surface area contributed by atoms with Crippen molar-refractivity contribution in [3.63, 3.8) is 0 Å². The molecule has 0 bridgehead atoms. The Morgan fingerprint density at radius 2 is 1.59 bits per heavy atom. The molecule has 1 atom stereocenters. The zero-order chi connectivity index (χ0) is 12.1. The third kappa shape index (κ3) is 3.18. The zero-order valence-electron chi connectivity index (χ0n) is 10.1. The summed E-state index contributed by atoms with van der Waals surface area (Å²) < 4.78 is 0. The summed E-state index contributed by atoms with van der Waals surface area (Å²) in [7, 11) is 0. The van der Waals surface area contributed by atoms with Crippen LogP contribution in [0.25, 0.3) is 0 Å². The Labute approximate surface area is 103 Å². The lowest BCUT2D eigenvalue weighted by molar-refractivity contribution is 0.168. The van der Waals surface area contributed by atoms with E-state index in [1.807, 2.05) is 36.4 Å². The largest absolute Gasteiger partial charge is 0.388 e. The van der Waals surface area contributed by atoms with Gasteiger partial charge in [0.25, 0.3) is 0 Å². The topological polar surface area (TPSA) is 20.2 Å². The van der Waals surface area contributed by atoms with Gasteiger partial charge in [-0.25, -0.2) is 0 Å². The summed E-state index contributed by atoms with van der Waals surface area (Å²) in [6.45, 7) is 2.12. The van der Waals surface area contributed by atoms with E-state index in [1.54, 1.807) is 0 Å². The van der Waals surface area contributed by atoms with E-state index in [0.717, 1.165) is 18.4 Å². The molecule has 2 aromatic rings. The summed E-state index contributed by atoms with van der Waals surface area (Å²) >= 11 is 0. The van der Waals surface area contributed by atoms with Gasteiger partial charge in [0.2, 0.25) is 0 Å². The van der Waals surface area contributed by atoms with Crippen LogP contribution in [0.2, 0.25) is 0 Å². The van der Waals surface area contributed by atoms with Gasteiger partial charge in [-0.3, -0.25) is 0 Å². The smallest absolute Gasteiger partial charge is 0.0793 e. The maximum Gasteiger partial charge on any atom is 0.0793 e. The first-order valence-corrected chi connectivity index (χ1v) is 6.05. The first-order valence-electron chi connectivity index (χ1n) is 6.05. The number of aliphatic hydroxyl groups excluding tert-OH is 1. The minimum absolute atomic E-state index is 0.365. The van der Waals surface area contributed by atoms with E-state index in [-0.39, 0.29) is 6.10 Å². The molecule has 0 aromatic heterocycles. The van der Waals surface area contributed by atoms with Crippen LogP contribution in [0.3, 0.4) is 0 Å². The van der Waals surface area contributed by atoms with Gasteiger partial charge in [0.05, 0.1) is 6.10 Å². The van der Waals surface area contributed by atoms with E-state index in [2.05, 4.69) is 25.1 Å². The van der Waals surface area contributed by atoms with Crippen molar-refractivity contribution >= 4 is 0 Å². The molecule has 88 valence electrons. The molecule has 2 aromatic carbocycles. The molecule has 0 unspecified atom stereocenters. The molecule has 0 fully saturated rings. The Morgan fingerprint density at radius 1 is 0.941 bits per heavy atom.